The molecular formula is C12H15ClN2O2. The van der Waals surface area contributed by atoms with Crippen molar-refractivity contribution in [1.29, 1.82) is 0 Å². The van der Waals surface area contributed by atoms with Crippen LogP contribution >= 0.6 is 11.6 Å². The molecule has 1 rings (SSSR count). The minimum atomic E-state index is -0.313. The number of anilines is 1. The van der Waals surface area contributed by atoms with Gasteiger partial charge in [-0.1, -0.05) is 29.8 Å². The standard InChI is InChI=1S/C12H15ClN2O2/c1-2-7-15(8-9-16)12(17)14-11-6-4-3-5-10(11)13/h2-6,16H,1,7-9H2,(H,14,17). The summed E-state index contributed by atoms with van der Waals surface area (Å²) in [6, 6.07) is 6.66. The summed E-state index contributed by atoms with van der Waals surface area (Å²) < 4.78 is 0. The fourth-order valence-corrected chi connectivity index (χ4v) is 1.49. The van der Waals surface area contributed by atoms with Crippen LogP contribution in [0.3, 0.4) is 0 Å². The predicted octanol–water partition coefficient (Wildman–Crippen LogP) is 2.35. The van der Waals surface area contributed by atoms with Gasteiger partial charge in [0.2, 0.25) is 0 Å². The number of nitrogens with one attached hydrogen (secondary N) is 1. The molecule has 0 aromatic heterocycles. The average Bonchev–Trinajstić information content (AvgIpc) is 2.32. The zero-order chi connectivity index (χ0) is 12.7. The molecule has 92 valence electrons. The molecule has 4 nitrogen and oxygen atoms in total. The SMILES string of the molecule is C=CCN(CCO)C(=O)Nc1ccccc1Cl. The van der Waals surface area contributed by atoms with Crippen LogP contribution in [0.15, 0.2) is 36.9 Å². The van der Waals surface area contributed by atoms with Gasteiger partial charge in [0.1, 0.15) is 0 Å². The number of urea groups is 1. The van der Waals surface area contributed by atoms with Crippen molar-refractivity contribution in [2.75, 3.05) is 25.0 Å². The molecule has 1 aromatic carbocycles. The normalized spacial score (nSPS) is 9.76. The Morgan fingerprint density at radius 1 is 1.53 bits per heavy atom. The first kappa shape index (κ1) is 13.5. The van der Waals surface area contributed by atoms with Crippen LogP contribution in [0.5, 0.6) is 0 Å². The highest BCUT2D eigenvalue weighted by atomic mass is 35.5. The summed E-state index contributed by atoms with van der Waals surface area (Å²) in [6.07, 6.45) is 1.60. The second kappa shape index (κ2) is 6.93. The lowest BCUT2D eigenvalue weighted by Crippen LogP contribution is -2.37. The van der Waals surface area contributed by atoms with Crippen LogP contribution in [0.25, 0.3) is 0 Å². The van der Waals surface area contributed by atoms with Gasteiger partial charge in [0, 0.05) is 13.1 Å². The van der Waals surface area contributed by atoms with Crippen molar-refractivity contribution < 1.29 is 9.90 Å². The summed E-state index contributed by atoms with van der Waals surface area (Å²) in [7, 11) is 0. The Bertz CT molecular complexity index is 396. The molecule has 0 saturated carbocycles. The van der Waals surface area contributed by atoms with E-state index in [-0.39, 0.29) is 19.2 Å². The number of benzene rings is 1. The lowest BCUT2D eigenvalue weighted by molar-refractivity contribution is 0.195. The first-order valence-corrected chi connectivity index (χ1v) is 5.59. The molecule has 0 aliphatic carbocycles. The molecule has 0 fully saturated rings. The Labute approximate surface area is 106 Å². The Hall–Kier alpha value is -1.52. The summed E-state index contributed by atoms with van der Waals surface area (Å²) in [4.78, 5) is 13.3. The zero-order valence-corrected chi connectivity index (χ0v) is 10.2. The topological polar surface area (TPSA) is 52.6 Å². The van der Waals surface area contributed by atoms with E-state index in [1.54, 1.807) is 30.3 Å². The van der Waals surface area contributed by atoms with E-state index in [9.17, 15) is 4.79 Å². The molecule has 0 atom stereocenters. The third kappa shape index (κ3) is 4.09. The molecule has 0 spiro atoms. The van der Waals surface area contributed by atoms with Gasteiger partial charge in [0.25, 0.3) is 0 Å². The Kier molecular flexibility index (Phi) is 5.52. The molecule has 1 aromatic rings. The minimum Gasteiger partial charge on any atom is -0.395 e. The van der Waals surface area contributed by atoms with Gasteiger partial charge < -0.3 is 15.3 Å². The third-order valence-corrected chi connectivity index (χ3v) is 2.45. The molecule has 2 N–H and O–H groups in total. The van der Waals surface area contributed by atoms with Crippen molar-refractivity contribution >= 4 is 23.3 Å². The molecular weight excluding hydrogens is 240 g/mol. The molecule has 0 radical (unpaired) electrons. The summed E-state index contributed by atoms with van der Waals surface area (Å²) in [5.41, 5.74) is 0.547. The maximum atomic E-state index is 11.8. The molecule has 0 saturated heterocycles. The van der Waals surface area contributed by atoms with E-state index in [4.69, 9.17) is 16.7 Å². The molecule has 2 amide bonds. The van der Waals surface area contributed by atoms with Gasteiger partial charge in [-0.25, -0.2) is 4.79 Å². The van der Waals surface area contributed by atoms with Gasteiger partial charge in [-0.15, -0.1) is 6.58 Å². The van der Waals surface area contributed by atoms with Crippen molar-refractivity contribution in [2.45, 2.75) is 0 Å². The molecule has 0 aliphatic rings. The Morgan fingerprint density at radius 3 is 2.82 bits per heavy atom. The minimum absolute atomic E-state index is 0.0935. The van der Waals surface area contributed by atoms with E-state index in [0.29, 0.717) is 17.3 Å². The van der Waals surface area contributed by atoms with Crippen LogP contribution in [-0.4, -0.2) is 35.7 Å². The number of carbonyl (C=O) groups excluding carboxylic acids is 1. The second-order valence-corrected chi connectivity index (χ2v) is 3.78. The van der Waals surface area contributed by atoms with Crippen molar-refractivity contribution in [1.82, 2.24) is 4.90 Å². The van der Waals surface area contributed by atoms with Crippen molar-refractivity contribution in [3.63, 3.8) is 0 Å². The van der Waals surface area contributed by atoms with E-state index in [1.165, 1.54) is 4.90 Å². The number of hydrogen-bond donors (Lipinski definition) is 2. The van der Waals surface area contributed by atoms with Gasteiger partial charge in [-0.3, -0.25) is 0 Å². The number of rotatable bonds is 5. The fourth-order valence-electron chi connectivity index (χ4n) is 1.31. The third-order valence-electron chi connectivity index (χ3n) is 2.12. The highest BCUT2D eigenvalue weighted by Gasteiger charge is 2.12. The number of halogens is 1. The van der Waals surface area contributed by atoms with Gasteiger partial charge >= 0.3 is 6.03 Å². The Morgan fingerprint density at radius 2 is 2.24 bits per heavy atom. The number of carbonyl (C=O) groups is 1. The summed E-state index contributed by atoms with van der Waals surface area (Å²) in [6.45, 7) is 4.09. The summed E-state index contributed by atoms with van der Waals surface area (Å²) in [5.74, 6) is 0. The van der Waals surface area contributed by atoms with Gasteiger partial charge in [-0.2, -0.15) is 0 Å². The van der Waals surface area contributed by atoms with Crippen LogP contribution in [-0.2, 0) is 0 Å². The van der Waals surface area contributed by atoms with Gasteiger partial charge in [-0.05, 0) is 12.1 Å². The average molecular weight is 255 g/mol. The van der Waals surface area contributed by atoms with Crippen LogP contribution in [0.4, 0.5) is 10.5 Å². The van der Waals surface area contributed by atoms with Crippen molar-refractivity contribution in [2.24, 2.45) is 0 Å². The maximum Gasteiger partial charge on any atom is 0.322 e. The van der Waals surface area contributed by atoms with Crippen molar-refractivity contribution in [3.05, 3.63) is 41.9 Å². The maximum absolute atomic E-state index is 11.8. The van der Waals surface area contributed by atoms with Crippen LogP contribution in [0.2, 0.25) is 5.02 Å². The number of hydrogen-bond acceptors (Lipinski definition) is 2. The van der Waals surface area contributed by atoms with Crippen LogP contribution in [0, 0.1) is 0 Å². The van der Waals surface area contributed by atoms with Gasteiger partial charge in [0.15, 0.2) is 0 Å². The van der Waals surface area contributed by atoms with E-state index in [2.05, 4.69) is 11.9 Å². The predicted molar refractivity (Wildman–Crippen MR) is 69.3 cm³/mol. The molecule has 0 heterocycles. The van der Waals surface area contributed by atoms with Gasteiger partial charge in [0.05, 0.1) is 17.3 Å². The van der Waals surface area contributed by atoms with Crippen LogP contribution < -0.4 is 5.32 Å². The van der Waals surface area contributed by atoms with E-state index < -0.39 is 0 Å². The van der Waals surface area contributed by atoms with E-state index in [1.807, 2.05) is 0 Å². The summed E-state index contributed by atoms with van der Waals surface area (Å²) >= 11 is 5.92. The first-order valence-electron chi connectivity index (χ1n) is 5.21. The lowest BCUT2D eigenvalue weighted by Gasteiger charge is -2.20. The molecule has 0 aliphatic heterocycles. The highest BCUT2D eigenvalue weighted by Crippen LogP contribution is 2.20. The van der Waals surface area contributed by atoms with Crippen LogP contribution in [0.1, 0.15) is 0 Å². The number of aliphatic hydroxyl groups excluding tert-OH is 1. The number of aliphatic hydroxyl groups is 1. The highest BCUT2D eigenvalue weighted by molar-refractivity contribution is 6.33. The van der Waals surface area contributed by atoms with Crippen molar-refractivity contribution in [3.8, 4) is 0 Å². The number of amides is 2. The number of para-hydroxylation sites is 1. The molecule has 0 unspecified atom stereocenters. The second-order valence-electron chi connectivity index (χ2n) is 3.37. The Balaban J connectivity index is 2.69. The molecule has 0 bridgehead atoms. The lowest BCUT2D eigenvalue weighted by atomic mass is 10.3. The zero-order valence-electron chi connectivity index (χ0n) is 9.40. The largest absolute Gasteiger partial charge is 0.395 e. The quantitative estimate of drug-likeness (QED) is 0.793. The fraction of sp³-hybridized carbons (Fsp3) is 0.250. The first-order chi connectivity index (χ1) is 8.19. The summed E-state index contributed by atoms with van der Waals surface area (Å²) in [5, 5.41) is 12.0. The molecule has 5 heteroatoms. The van der Waals surface area contributed by atoms with E-state index >= 15 is 0 Å². The smallest absolute Gasteiger partial charge is 0.322 e. The molecule has 17 heavy (non-hydrogen) atoms. The monoisotopic (exact) mass is 254 g/mol. The number of nitrogens with zero attached hydrogens (tertiary/aromatic N) is 1. The van der Waals surface area contributed by atoms with E-state index in [0.717, 1.165) is 0 Å².